The molecule has 0 spiro atoms. The van der Waals surface area contributed by atoms with Crippen LogP contribution in [0, 0.1) is 0 Å². The quantitative estimate of drug-likeness (QED) is 0.441. The lowest BCUT2D eigenvalue weighted by atomic mass is 9.99. The highest BCUT2D eigenvalue weighted by molar-refractivity contribution is 7.19. The zero-order valence-corrected chi connectivity index (χ0v) is 17.6. The summed E-state index contributed by atoms with van der Waals surface area (Å²) in [7, 11) is 0. The molecular weight excluding hydrogens is 384 g/mol. The van der Waals surface area contributed by atoms with E-state index in [-0.39, 0.29) is 0 Å². The molecule has 3 aromatic heterocycles. The van der Waals surface area contributed by atoms with Gasteiger partial charge in [0.15, 0.2) is 0 Å². The van der Waals surface area contributed by atoms with Crippen LogP contribution in [-0.2, 0) is 0 Å². The minimum atomic E-state index is 0.454. The van der Waals surface area contributed by atoms with E-state index < -0.39 is 0 Å². The first-order valence-corrected chi connectivity index (χ1v) is 11.4. The molecule has 1 atom stereocenters. The number of pyridine rings is 1. The molecule has 4 heterocycles. The predicted molar refractivity (Wildman–Crippen MR) is 122 cm³/mol. The smallest absolute Gasteiger partial charge is 0.125 e. The Morgan fingerprint density at radius 1 is 1.21 bits per heavy atom. The van der Waals surface area contributed by atoms with Gasteiger partial charge in [-0.25, -0.2) is 9.97 Å². The van der Waals surface area contributed by atoms with Crippen LogP contribution in [-0.4, -0.2) is 34.0 Å². The van der Waals surface area contributed by atoms with Gasteiger partial charge in [0.25, 0.3) is 0 Å². The summed E-state index contributed by atoms with van der Waals surface area (Å²) in [5.41, 5.74) is 6.51. The number of aromatic nitrogens is 2. The summed E-state index contributed by atoms with van der Waals surface area (Å²) in [6.07, 6.45) is 5.42. The number of nitrogens with one attached hydrogen (secondary N) is 1. The number of anilines is 2. The van der Waals surface area contributed by atoms with E-state index >= 15 is 0 Å². The first-order chi connectivity index (χ1) is 13.7. The average molecular weight is 407 g/mol. The second-order valence-electron chi connectivity index (χ2n) is 7.10. The van der Waals surface area contributed by atoms with Crippen molar-refractivity contribution in [2.45, 2.75) is 26.3 Å². The molecule has 0 radical (unpaired) electrons. The van der Waals surface area contributed by atoms with Crippen LogP contribution in [0.3, 0.4) is 0 Å². The Morgan fingerprint density at radius 3 is 3.04 bits per heavy atom. The monoisotopic (exact) mass is 406 g/mol. The maximum atomic E-state index is 4.63. The third-order valence-electron chi connectivity index (χ3n) is 5.51. The van der Waals surface area contributed by atoms with E-state index in [4.69, 9.17) is 0 Å². The largest absolute Gasteiger partial charge is 0.355 e. The molecule has 4 aromatic rings. The molecule has 1 aliphatic rings. The van der Waals surface area contributed by atoms with Gasteiger partial charge in [0.2, 0.25) is 0 Å². The molecule has 1 aliphatic heterocycles. The van der Waals surface area contributed by atoms with Gasteiger partial charge in [-0.1, -0.05) is 13.0 Å². The minimum absolute atomic E-state index is 0.454. The fourth-order valence-electron chi connectivity index (χ4n) is 3.97. The number of likely N-dealkylation sites (N-methyl/N-ethyl adjacent to an activating group) is 1. The highest BCUT2D eigenvalue weighted by Gasteiger charge is 2.23. The predicted octanol–water partition coefficient (Wildman–Crippen LogP) is 6.15. The van der Waals surface area contributed by atoms with Crippen LogP contribution < -0.4 is 5.32 Å². The van der Waals surface area contributed by atoms with Gasteiger partial charge in [0.1, 0.15) is 4.83 Å². The first kappa shape index (κ1) is 17.8. The molecule has 5 rings (SSSR count). The Morgan fingerprint density at radius 2 is 2.14 bits per heavy atom. The summed E-state index contributed by atoms with van der Waals surface area (Å²) in [4.78, 5) is 14.0. The molecule has 4 nitrogen and oxygen atoms in total. The SMILES string of the molecule is CCN1CCC=C(c2cc3c(Nc4ccc5scnc5c4)ccnc3s2)C1C. The number of hydrogen-bond donors (Lipinski definition) is 1. The first-order valence-electron chi connectivity index (χ1n) is 9.66. The third-order valence-corrected chi connectivity index (χ3v) is 7.42. The van der Waals surface area contributed by atoms with Crippen LogP contribution in [0.15, 0.2) is 48.1 Å². The van der Waals surface area contributed by atoms with E-state index in [1.165, 1.54) is 20.5 Å². The average Bonchev–Trinajstić information content (AvgIpc) is 3.35. The van der Waals surface area contributed by atoms with Crippen molar-refractivity contribution in [3.8, 4) is 0 Å². The Labute approximate surface area is 172 Å². The van der Waals surface area contributed by atoms with Gasteiger partial charge in [-0.2, -0.15) is 0 Å². The number of benzene rings is 1. The van der Waals surface area contributed by atoms with Gasteiger partial charge < -0.3 is 5.32 Å². The van der Waals surface area contributed by atoms with Gasteiger partial charge >= 0.3 is 0 Å². The van der Waals surface area contributed by atoms with E-state index in [2.05, 4.69) is 70.4 Å². The zero-order valence-electron chi connectivity index (χ0n) is 16.0. The lowest BCUT2D eigenvalue weighted by Crippen LogP contribution is -2.36. The van der Waals surface area contributed by atoms with E-state index in [1.54, 1.807) is 22.7 Å². The maximum absolute atomic E-state index is 4.63. The lowest BCUT2D eigenvalue weighted by molar-refractivity contribution is 0.257. The van der Waals surface area contributed by atoms with Gasteiger partial charge in [-0.3, -0.25) is 4.90 Å². The van der Waals surface area contributed by atoms with Gasteiger partial charge in [0, 0.05) is 34.7 Å². The van der Waals surface area contributed by atoms with Crippen LogP contribution in [0.4, 0.5) is 11.4 Å². The molecule has 28 heavy (non-hydrogen) atoms. The molecule has 6 heteroatoms. The Bertz CT molecular complexity index is 1170. The summed E-state index contributed by atoms with van der Waals surface area (Å²) < 4.78 is 1.21. The van der Waals surface area contributed by atoms with Crippen molar-refractivity contribution in [2.75, 3.05) is 18.4 Å². The summed E-state index contributed by atoms with van der Waals surface area (Å²) in [6.45, 7) is 6.80. The van der Waals surface area contributed by atoms with Crippen molar-refractivity contribution in [1.29, 1.82) is 0 Å². The van der Waals surface area contributed by atoms with Crippen molar-refractivity contribution in [1.82, 2.24) is 14.9 Å². The van der Waals surface area contributed by atoms with Crippen molar-refractivity contribution in [2.24, 2.45) is 0 Å². The standard InChI is InChI=1S/C22H22N4S2/c1-3-26-10-4-5-16(14(26)2)21-12-17-18(8-9-23-22(17)28-21)25-15-6-7-20-19(11-15)24-13-27-20/h5-9,11-14H,3-4,10H2,1-2H3,(H,23,25). The molecule has 0 saturated carbocycles. The molecule has 142 valence electrons. The molecule has 0 saturated heterocycles. The van der Waals surface area contributed by atoms with Crippen LogP contribution in [0.25, 0.3) is 26.0 Å². The second-order valence-corrected chi connectivity index (χ2v) is 9.02. The van der Waals surface area contributed by atoms with E-state index in [0.29, 0.717) is 6.04 Å². The molecular formula is C22H22N4S2. The molecule has 0 fully saturated rings. The molecule has 1 unspecified atom stereocenters. The molecule has 0 bridgehead atoms. The minimum Gasteiger partial charge on any atom is -0.355 e. The molecule has 0 amide bonds. The van der Waals surface area contributed by atoms with Crippen molar-refractivity contribution in [3.63, 3.8) is 0 Å². The van der Waals surface area contributed by atoms with Gasteiger partial charge in [0.05, 0.1) is 21.4 Å². The van der Waals surface area contributed by atoms with E-state index in [1.807, 2.05) is 11.7 Å². The van der Waals surface area contributed by atoms with E-state index in [0.717, 1.165) is 41.2 Å². The second kappa shape index (κ2) is 7.28. The van der Waals surface area contributed by atoms with Crippen LogP contribution in [0.5, 0.6) is 0 Å². The van der Waals surface area contributed by atoms with Crippen molar-refractivity contribution < 1.29 is 0 Å². The Hall–Kier alpha value is -2.28. The summed E-state index contributed by atoms with van der Waals surface area (Å²) >= 11 is 3.46. The topological polar surface area (TPSA) is 41.0 Å². The Kier molecular flexibility index (Phi) is 4.62. The van der Waals surface area contributed by atoms with Gasteiger partial charge in [-0.05, 0) is 55.8 Å². The number of rotatable bonds is 4. The van der Waals surface area contributed by atoms with Crippen LogP contribution in [0.2, 0.25) is 0 Å². The summed E-state index contributed by atoms with van der Waals surface area (Å²) in [5, 5.41) is 4.76. The Balaban J connectivity index is 1.51. The normalized spacial score (nSPS) is 17.9. The van der Waals surface area contributed by atoms with Crippen molar-refractivity contribution in [3.05, 3.63) is 53.0 Å². The number of nitrogens with zero attached hydrogens (tertiary/aromatic N) is 3. The van der Waals surface area contributed by atoms with Crippen molar-refractivity contribution >= 4 is 60.1 Å². The molecule has 0 aliphatic carbocycles. The highest BCUT2D eigenvalue weighted by Crippen LogP contribution is 2.38. The maximum Gasteiger partial charge on any atom is 0.125 e. The summed E-state index contributed by atoms with van der Waals surface area (Å²) in [5.74, 6) is 0. The van der Waals surface area contributed by atoms with E-state index in [9.17, 15) is 0 Å². The number of thiazole rings is 1. The van der Waals surface area contributed by atoms with Gasteiger partial charge in [-0.15, -0.1) is 22.7 Å². The molecule has 1 aromatic carbocycles. The summed E-state index contributed by atoms with van der Waals surface area (Å²) in [6, 6.07) is 11.2. The molecule has 1 N–H and O–H groups in total. The zero-order chi connectivity index (χ0) is 19.1. The van der Waals surface area contributed by atoms with Crippen LogP contribution in [0.1, 0.15) is 25.1 Å². The fourth-order valence-corrected chi connectivity index (χ4v) is 5.78. The third kappa shape index (κ3) is 3.11. The van der Waals surface area contributed by atoms with Crippen LogP contribution >= 0.6 is 22.7 Å². The lowest BCUT2D eigenvalue weighted by Gasteiger charge is -2.32. The number of thiophene rings is 1. The number of hydrogen-bond acceptors (Lipinski definition) is 6. The number of fused-ring (bicyclic) bond motifs is 2. The highest BCUT2D eigenvalue weighted by atomic mass is 32.1. The fraction of sp³-hybridized carbons (Fsp3) is 0.273.